The number of carbonyl (C=O) groups excluding carboxylic acids is 7. The highest BCUT2D eigenvalue weighted by Crippen LogP contribution is 2.09. The van der Waals surface area contributed by atoms with Crippen molar-refractivity contribution in [3.63, 3.8) is 0 Å². The van der Waals surface area contributed by atoms with Crippen LogP contribution in [0.4, 0.5) is 0 Å². The van der Waals surface area contributed by atoms with E-state index >= 15 is 0 Å². The second-order valence-electron chi connectivity index (χ2n) is 15.4. The van der Waals surface area contributed by atoms with Crippen LogP contribution in [-0.4, -0.2) is 162 Å². The minimum atomic E-state index is -1.45. The zero-order valence-electron chi connectivity index (χ0n) is 36.5. The Labute approximate surface area is 390 Å². The number of aromatic nitrogens is 12. The molecule has 16 N–H and O–H groups in total. The SMILES string of the molecule is NCC(=O)NCC(=O)N[C@@H](Cc1cnc[nH]1)C(=O)N[C@@H](Cc1cnc[nH]1)C(=O)N[C@@H](Cc1cnc[nH]1)C(=O)N[C@@H](Cc1cnc[nH]1)C(=O)N[C@@H](Cc1cnc[nH]1)C(=O)N[C@@H](Cc1cnc[nH]1)C(=O)O. The largest absolute Gasteiger partial charge is 0.480 e. The number of rotatable bonds is 27. The standard InChI is InChI=1S/C40H50N20O9/c41-7-33(61)48-14-34(62)55-27(1-21-8-42-15-49-21)35(63)56-28(2-22-9-43-16-50-22)36(64)57-29(3-23-10-44-17-51-23)37(65)58-30(4-24-11-45-18-52-24)38(66)59-31(5-25-12-46-19-53-25)39(67)60-32(40(68)69)6-26-13-47-20-54-26/h8-13,15-20,27-32H,1-7,14,41H2,(H,42,49)(H,43,50)(H,44,51)(H,45,52)(H,46,53)(H,47,54)(H,48,61)(H,55,62)(H,56,63)(H,57,64)(H,58,65)(H,59,66)(H,60,67)(H,68,69)/t27-,28-,29-,30-,31-,32-/m0/s1. The van der Waals surface area contributed by atoms with Crippen LogP contribution in [0, 0.1) is 0 Å². The molecule has 0 saturated carbocycles. The molecule has 0 aliphatic rings. The molecule has 29 heteroatoms. The van der Waals surface area contributed by atoms with E-state index < -0.39 is 90.1 Å². The van der Waals surface area contributed by atoms with Crippen LogP contribution in [0.5, 0.6) is 0 Å². The Hall–Kier alpha value is -9.02. The molecule has 0 radical (unpaired) electrons. The third-order valence-electron chi connectivity index (χ3n) is 10.3. The molecule has 0 aliphatic heterocycles. The van der Waals surface area contributed by atoms with Crippen LogP contribution in [0.25, 0.3) is 0 Å². The summed E-state index contributed by atoms with van der Waals surface area (Å²) >= 11 is 0. The van der Waals surface area contributed by atoms with Gasteiger partial charge in [-0.05, 0) is 0 Å². The predicted octanol–water partition coefficient (Wildman–Crippen LogP) is -5.15. The van der Waals surface area contributed by atoms with Crippen molar-refractivity contribution in [2.24, 2.45) is 5.73 Å². The Kier molecular flexibility index (Phi) is 17.5. The van der Waals surface area contributed by atoms with E-state index in [1.165, 1.54) is 75.1 Å². The molecule has 6 aromatic rings. The average molecular weight is 955 g/mol. The van der Waals surface area contributed by atoms with Crippen molar-refractivity contribution in [3.05, 3.63) is 109 Å². The molecule has 7 amide bonds. The predicted molar refractivity (Wildman–Crippen MR) is 235 cm³/mol. The lowest BCUT2D eigenvalue weighted by molar-refractivity contribution is -0.142. The maximum absolute atomic E-state index is 14.5. The van der Waals surface area contributed by atoms with Gasteiger partial charge in [-0.25, -0.2) is 34.7 Å². The number of aromatic amines is 6. The number of nitrogens with zero attached hydrogens (tertiary/aromatic N) is 6. The third-order valence-corrected chi connectivity index (χ3v) is 10.3. The summed E-state index contributed by atoms with van der Waals surface area (Å²) in [6.07, 6.45) is 15.6. The van der Waals surface area contributed by atoms with Gasteiger partial charge in [0.15, 0.2) is 0 Å². The number of H-pyrrole nitrogens is 6. The fraction of sp³-hybridized carbons (Fsp3) is 0.350. The van der Waals surface area contributed by atoms with Gasteiger partial charge in [0.2, 0.25) is 41.4 Å². The first-order chi connectivity index (χ1) is 33.3. The van der Waals surface area contributed by atoms with E-state index in [0.29, 0.717) is 34.2 Å². The topological polar surface area (TPSA) is 439 Å². The van der Waals surface area contributed by atoms with Crippen molar-refractivity contribution in [2.45, 2.75) is 74.8 Å². The van der Waals surface area contributed by atoms with Crippen molar-refractivity contribution in [2.75, 3.05) is 13.1 Å². The summed E-state index contributed by atoms with van der Waals surface area (Å²) in [5, 5.41) is 27.9. The summed E-state index contributed by atoms with van der Waals surface area (Å²) < 4.78 is 0. The van der Waals surface area contributed by atoms with Crippen LogP contribution in [0.3, 0.4) is 0 Å². The third kappa shape index (κ3) is 15.3. The molecule has 0 fully saturated rings. The molecule has 69 heavy (non-hydrogen) atoms. The number of carboxylic acids is 1. The summed E-state index contributed by atoms with van der Waals surface area (Å²) in [5.41, 5.74) is 7.81. The smallest absolute Gasteiger partial charge is 0.326 e. The van der Waals surface area contributed by atoms with Gasteiger partial charge < -0.3 is 78.0 Å². The second kappa shape index (κ2) is 24.5. The van der Waals surface area contributed by atoms with E-state index in [4.69, 9.17) is 5.73 Å². The number of amides is 7. The van der Waals surface area contributed by atoms with Crippen molar-refractivity contribution < 1.29 is 43.5 Å². The minimum absolute atomic E-state index is 0.110. The quantitative estimate of drug-likeness (QED) is 0.0230. The van der Waals surface area contributed by atoms with Crippen molar-refractivity contribution in [1.82, 2.24) is 97.0 Å². The van der Waals surface area contributed by atoms with Gasteiger partial charge in [-0.1, -0.05) is 0 Å². The van der Waals surface area contributed by atoms with Crippen LogP contribution >= 0.6 is 0 Å². The number of hydrogen-bond acceptors (Lipinski definition) is 15. The van der Waals surface area contributed by atoms with Crippen LogP contribution in [0.1, 0.15) is 34.2 Å². The van der Waals surface area contributed by atoms with Gasteiger partial charge in [0.1, 0.15) is 36.3 Å². The van der Waals surface area contributed by atoms with Gasteiger partial charge in [-0.15, -0.1) is 0 Å². The molecule has 0 aromatic carbocycles. The van der Waals surface area contributed by atoms with Crippen molar-refractivity contribution in [3.8, 4) is 0 Å². The number of aliphatic carboxylic acids is 1. The van der Waals surface area contributed by atoms with Gasteiger partial charge in [-0.2, -0.15) is 0 Å². The molecule has 6 atom stereocenters. The Morgan fingerprint density at radius 1 is 0.406 bits per heavy atom. The van der Waals surface area contributed by atoms with E-state index in [-0.39, 0.29) is 45.1 Å². The fourth-order valence-electron chi connectivity index (χ4n) is 6.80. The number of carboxylic acid groups (broad SMARTS) is 1. The minimum Gasteiger partial charge on any atom is -0.480 e. The highest BCUT2D eigenvalue weighted by Gasteiger charge is 2.35. The van der Waals surface area contributed by atoms with E-state index in [2.05, 4.69) is 97.0 Å². The highest BCUT2D eigenvalue weighted by atomic mass is 16.4. The van der Waals surface area contributed by atoms with Gasteiger partial charge >= 0.3 is 5.97 Å². The summed E-state index contributed by atoms with van der Waals surface area (Å²) in [5.74, 6) is -7.00. The molecule has 0 spiro atoms. The number of nitrogens with two attached hydrogens (primary N) is 1. The van der Waals surface area contributed by atoms with Crippen LogP contribution < -0.4 is 43.0 Å². The van der Waals surface area contributed by atoms with E-state index in [9.17, 15) is 43.5 Å². The first-order valence-corrected chi connectivity index (χ1v) is 21.2. The van der Waals surface area contributed by atoms with Crippen LogP contribution in [-0.2, 0) is 76.9 Å². The summed E-state index contributed by atoms with van der Waals surface area (Å²) in [6, 6.07) is -8.45. The van der Waals surface area contributed by atoms with E-state index in [1.807, 2.05) is 0 Å². The maximum Gasteiger partial charge on any atom is 0.326 e. The molecule has 0 saturated heterocycles. The zero-order chi connectivity index (χ0) is 49.1. The molecular formula is C40H50N20O9. The normalized spacial score (nSPS) is 13.6. The van der Waals surface area contributed by atoms with Crippen molar-refractivity contribution in [1.29, 1.82) is 0 Å². The fourth-order valence-corrected chi connectivity index (χ4v) is 6.80. The van der Waals surface area contributed by atoms with Gasteiger partial charge in [0.25, 0.3) is 0 Å². The Balaban J connectivity index is 1.23. The zero-order valence-corrected chi connectivity index (χ0v) is 36.5. The van der Waals surface area contributed by atoms with Gasteiger partial charge in [0, 0.05) is 110 Å². The molecule has 6 heterocycles. The highest BCUT2D eigenvalue weighted by molar-refractivity contribution is 5.97. The van der Waals surface area contributed by atoms with Crippen LogP contribution in [0.15, 0.2) is 75.1 Å². The lowest BCUT2D eigenvalue weighted by Gasteiger charge is -2.27. The summed E-state index contributed by atoms with van der Waals surface area (Å²) in [4.78, 5) is 149. The lowest BCUT2D eigenvalue weighted by Crippen LogP contribution is -2.61. The molecule has 29 nitrogen and oxygen atoms in total. The molecular weight excluding hydrogens is 905 g/mol. The first kappa shape index (κ1) is 49.4. The van der Waals surface area contributed by atoms with Crippen molar-refractivity contribution >= 4 is 47.3 Å². The van der Waals surface area contributed by atoms with Gasteiger partial charge in [-0.3, -0.25) is 33.6 Å². The molecule has 0 bridgehead atoms. The molecule has 6 aromatic heterocycles. The first-order valence-electron chi connectivity index (χ1n) is 21.2. The Morgan fingerprint density at radius 3 is 0.884 bits per heavy atom. The average Bonchev–Trinajstić information content (AvgIpc) is 4.19. The molecule has 0 aliphatic carbocycles. The molecule has 6 rings (SSSR count). The molecule has 0 unspecified atom stereocenters. The number of nitrogens with one attached hydrogen (secondary N) is 13. The monoisotopic (exact) mass is 954 g/mol. The Morgan fingerprint density at radius 2 is 0.652 bits per heavy atom. The Bertz CT molecular complexity index is 2560. The maximum atomic E-state index is 14.5. The number of hydrogen-bond donors (Lipinski definition) is 15. The summed E-state index contributed by atoms with van der Waals surface area (Å²) in [7, 11) is 0. The van der Waals surface area contributed by atoms with Gasteiger partial charge in [0.05, 0.1) is 51.1 Å². The lowest BCUT2D eigenvalue weighted by atomic mass is 10.0. The number of imidazole rings is 6. The number of carbonyl (C=O) groups is 8. The van der Waals surface area contributed by atoms with E-state index in [1.54, 1.807) is 0 Å². The summed E-state index contributed by atoms with van der Waals surface area (Å²) in [6.45, 7) is -0.870. The van der Waals surface area contributed by atoms with Crippen LogP contribution in [0.2, 0.25) is 0 Å². The molecule has 364 valence electrons. The second-order valence-corrected chi connectivity index (χ2v) is 15.4. The van der Waals surface area contributed by atoms with E-state index in [0.717, 1.165) is 0 Å².